The summed E-state index contributed by atoms with van der Waals surface area (Å²) < 4.78 is 4.73. The number of nitrogens with one attached hydrogen (secondary N) is 1. The molecule has 1 aliphatic rings. The van der Waals surface area contributed by atoms with E-state index in [2.05, 4.69) is 210 Å². The Kier molecular flexibility index (Phi) is 7.59. The first-order valence-electron chi connectivity index (χ1n) is 17.5. The minimum absolute atomic E-state index is 0.0271. The summed E-state index contributed by atoms with van der Waals surface area (Å²) in [6, 6.07) is 55.9. The highest BCUT2D eigenvalue weighted by molar-refractivity contribution is 6.14. The zero-order chi connectivity index (χ0) is 34.3. The molecule has 0 spiro atoms. The second-order valence-corrected chi connectivity index (χ2v) is 13.1. The van der Waals surface area contributed by atoms with E-state index in [0.717, 1.165) is 28.2 Å². The molecule has 9 rings (SSSR count). The fourth-order valence-corrected chi connectivity index (χ4v) is 7.73. The quantitative estimate of drug-likeness (QED) is 0.170. The van der Waals surface area contributed by atoms with Crippen molar-refractivity contribution in [1.29, 1.82) is 0 Å². The number of benzene rings is 6. The van der Waals surface area contributed by atoms with Crippen molar-refractivity contribution in [3.63, 3.8) is 0 Å². The Bertz CT molecular complexity index is 2670. The van der Waals surface area contributed by atoms with E-state index in [1.165, 1.54) is 55.1 Å². The molecule has 1 unspecified atom stereocenters. The van der Waals surface area contributed by atoms with Crippen molar-refractivity contribution < 1.29 is 0 Å². The fourth-order valence-electron chi connectivity index (χ4n) is 7.73. The van der Waals surface area contributed by atoms with Gasteiger partial charge in [-0.3, -0.25) is 4.57 Å². The number of hydrogen-bond donors (Lipinski definition) is 1. The maximum Gasteiger partial charge on any atom is 0.112 e. The van der Waals surface area contributed by atoms with Crippen LogP contribution in [0.5, 0.6) is 0 Å². The molecule has 0 saturated heterocycles. The largest absolute Gasteiger partial charge is 0.361 e. The predicted octanol–water partition coefficient (Wildman–Crippen LogP) is 12.0. The van der Waals surface area contributed by atoms with E-state index >= 15 is 0 Å². The van der Waals surface area contributed by atoms with Gasteiger partial charge in [0.25, 0.3) is 0 Å². The summed E-state index contributed by atoms with van der Waals surface area (Å²) in [5.74, 6) is 1.05. The van der Waals surface area contributed by atoms with E-state index in [0.29, 0.717) is 0 Å². The van der Waals surface area contributed by atoms with Gasteiger partial charge in [0.05, 0.1) is 22.6 Å². The van der Waals surface area contributed by atoms with Crippen LogP contribution in [0.2, 0.25) is 0 Å². The minimum atomic E-state index is 0.0271. The second kappa shape index (κ2) is 12.7. The lowest BCUT2D eigenvalue weighted by Gasteiger charge is -2.27. The second-order valence-electron chi connectivity index (χ2n) is 13.1. The molecule has 0 saturated carbocycles. The molecule has 51 heavy (non-hydrogen) atoms. The van der Waals surface area contributed by atoms with E-state index in [4.69, 9.17) is 0 Å². The predicted molar refractivity (Wildman–Crippen MR) is 217 cm³/mol. The molecule has 244 valence electrons. The van der Waals surface area contributed by atoms with Crippen LogP contribution in [0.25, 0.3) is 61.4 Å². The van der Waals surface area contributed by atoms with Crippen LogP contribution in [0.3, 0.4) is 0 Å². The van der Waals surface area contributed by atoms with Crippen molar-refractivity contribution in [3.05, 3.63) is 210 Å². The molecule has 0 fully saturated rings. The lowest BCUT2D eigenvalue weighted by atomic mass is 9.96. The summed E-state index contributed by atoms with van der Waals surface area (Å²) in [5, 5.41) is 7.52. The van der Waals surface area contributed by atoms with E-state index in [-0.39, 0.29) is 6.04 Å². The lowest BCUT2D eigenvalue weighted by molar-refractivity contribution is 0.730. The Morgan fingerprint density at radius 2 is 1.24 bits per heavy atom. The van der Waals surface area contributed by atoms with Crippen LogP contribution in [0, 0.1) is 6.92 Å². The van der Waals surface area contributed by atoms with Gasteiger partial charge in [0.2, 0.25) is 0 Å². The third kappa shape index (κ3) is 5.31. The Labute approximate surface area is 298 Å². The Morgan fingerprint density at radius 1 is 0.627 bits per heavy atom. The molecular weight excluding hydrogens is 619 g/mol. The first-order chi connectivity index (χ1) is 25.2. The molecule has 1 N–H and O–H groups in total. The van der Waals surface area contributed by atoms with Gasteiger partial charge in [-0.15, -0.1) is 0 Å². The number of dihydropyridines is 1. The minimum Gasteiger partial charge on any atom is -0.361 e. The first-order valence-corrected chi connectivity index (χ1v) is 17.5. The number of allylic oxidation sites excluding steroid dienone is 4. The van der Waals surface area contributed by atoms with Crippen molar-refractivity contribution >= 4 is 55.8 Å². The van der Waals surface area contributed by atoms with Gasteiger partial charge in [-0.1, -0.05) is 146 Å². The zero-order valence-electron chi connectivity index (χ0n) is 28.5. The summed E-state index contributed by atoms with van der Waals surface area (Å²) in [6.07, 6.45) is 9.05. The van der Waals surface area contributed by atoms with Gasteiger partial charge in [-0.25, -0.2) is 0 Å². The average molecular weight is 656 g/mol. The fraction of sp³-hybridized carbons (Fsp3) is 0.0417. The molecule has 2 aromatic heterocycles. The summed E-state index contributed by atoms with van der Waals surface area (Å²) in [6.45, 7) is 6.86. The zero-order valence-corrected chi connectivity index (χ0v) is 28.5. The summed E-state index contributed by atoms with van der Waals surface area (Å²) in [5.41, 5.74) is 12.8. The number of fused-ring (bicyclic) bond motifs is 4. The monoisotopic (exact) mass is 655 g/mol. The highest BCUT2D eigenvalue weighted by Crippen LogP contribution is 2.38. The third-order valence-corrected chi connectivity index (χ3v) is 10.1. The van der Waals surface area contributed by atoms with Crippen molar-refractivity contribution in [2.45, 2.75) is 13.0 Å². The number of para-hydroxylation sites is 3. The normalized spacial score (nSPS) is 14.6. The van der Waals surface area contributed by atoms with Gasteiger partial charge in [0.1, 0.15) is 5.82 Å². The van der Waals surface area contributed by atoms with E-state index in [9.17, 15) is 0 Å². The smallest absolute Gasteiger partial charge is 0.112 e. The van der Waals surface area contributed by atoms with Crippen LogP contribution in [0.4, 0.5) is 0 Å². The van der Waals surface area contributed by atoms with Crippen molar-refractivity contribution in [2.24, 2.45) is 0 Å². The molecule has 3 heterocycles. The van der Waals surface area contributed by atoms with Gasteiger partial charge in [0.15, 0.2) is 0 Å². The standard InChI is InChI=1S/C48H37N3/c1-33(39-25-16-28-46-48(39)42-24-13-15-27-45(42)51(46)38-21-10-5-11-22-38)29-30-40-34(2)50(44-26-14-12-23-41(40)44)47-32-37(35-17-6-3-7-18-35)31-43(49-47)36-19-8-4-9-20-36/h3-32,43,49H,1H2,2H3/b30-29-. The van der Waals surface area contributed by atoms with Gasteiger partial charge < -0.3 is 9.88 Å². The SMILES string of the molecule is C=C(/C=C\c1c(C)n(C2=CC(c3ccccc3)=CC(c3ccccc3)N2)c2ccccc12)c1cccc2c1c1ccccc1n2-c1ccccc1. The summed E-state index contributed by atoms with van der Waals surface area (Å²) in [7, 11) is 0. The molecule has 1 atom stereocenters. The Morgan fingerprint density at radius 3 is 1.98 bits per heavy atom. The molecular formula is C48H37N3. The molecule has 0 amide bonds. The van der Waals surface area contributed by atoms with Crippen LogP contribution < -0.4 is 5.32 Å². The highest BCUT2D eigenvalue weighted by Gasteiger charge is 2.22. The van der Waals surface area contributed by atoms with Gasteiger partial charge >= 0.3 is 0 Å². The van der Waals surface area contributed by atoms with Crippen molar-refractivity contribution in [1.82, 2.24) is 14.5 Å². The van der Waals surface area contributed by atoms with Gasteiger partial charge in [0, 0.05) is 33.1 Å². The van der Waals surface area contributed by atoms with Crippen LogP contribution in [0.15, 0.2) is 183 Å². The number of hydrogen-bond acceptors (Lipinski definition) is 1. The highest BCUT2D eigenvalue weighted by atomic mass is 15.2. The molecule has 0 bridgehead atoms. The van der Waals surface area contributed by atoms with Crippen LogP contribution in [0.1, 0.15) is 34.0 Å². The summed E-state index contributed by atoms with van der Waals surface area (Å²) >= 11 is 0. The first kappa shape index (κ1) is 30.5. The van der Waals surface area contributed by atoms with Crippen LogP contribution >= 0.6 is 0 Å². The van der Waals surface area contributed by atoms with E-state index < -0.39 is 0 Å². The molecule has 1 aliphatic heterocycles. The maximum atomic E-state index is 4.64. The average Bonchev–Trinajstić information content (AvgIpc) is 3.69. The Balaban J connectivity index is 1.15. The molecule has 0 radical (unpaired) electrons. The van der Waals surface area contributed by atoms with Crippen LogP contribution in [-0.2, 0) is 0 Å². The van der Waals surface area contributed by atoms with Gasteiger partial charge in [-0.05, 0) is 77.2 Å². The van der Waals surface area contributed by atoms with Crippen molar-refractivity contribution in [2.75, 3.05) is 0 Å². The Hall–Kier alpha value is -6.58. The number of aromatic nitrogens is 2. The third-order valence-electron chi connectivity index (χ3n) is 10.1. The molecule has 3 heteroatoms. The van der Waals surface area contributed by atoms with E-state index in [1.54, 1.807) is 0 Å². The molecule has 8 aromatic rings. The lowest BCUT2D eigenvalue weighted by Crippen LogP contribution is -2.25. The number of nitrogens with zero attached hydrogens (tertiary/aromatic N) is 2. The molecule has 3 nitrogen and oxygen atoms in total. The molecule has 6 aromatic carbocycles. The molecule has 0 aliphatic carbocycles. The summed E-state index contributed by atoms with van der Waals surface area (Å²) in [4.78, 5) is 0. The van der Waals surface area contributed by atoms with E-state index in [1.807, 2.05) is 0 Å². The van der Waals surface area contributed by atoms with Gasteiger partial charge in [-0.2, -0.15) is 0 Å². The number of rotatable bonds is 7. The van der Waals surface area contributed by atoms with Crippen LogP contribution in [-0.4, -0.2) is 9.13 Å². The topological polar surface area (TPSA) is 21.9 Å². The van der Waals surface area contributed by atoms with Crippen molar-refractivity contribution in [3.8, 4) is 5.69 Å². The maximum absolute atomic E-state index is 4.64.